The summed E-state index contributed by atoms with van der Waals surface area (Å²) in [7, 11) is -4.76. The second-order valence-electron chi connectivity index (χ2n) is 17.3. The molecule has 0 saturated heterocycles. The van der Waals surface area contributed by atoms with Gasteiger partial charge in [0, 0.05) is 19.3 Å². The van der Waals surface area contributed by atoms with Crippen LogP contribution < -0.4 is 0 Å². The Balaban J connectivity index is 4.81. The fraction of sp³-hybridized carbons (Fsp3) is 0.696. The van der Waals surface area contributed by atoms with Crippen LogP contribution in [-0.2, 0) is 42.2 Å². The molecule has 11 nitrogen and oxygen atoms in total. The summed E-state index contributed by atoms with van der Waals surface area (Å²) in [6.45, 7) is 4.38. The van der Waals surface area contributed by atoms with Crippen molar-refractivity contribution >= 4 is 25.7 Å². The van der Waals surface area contributed by atoms with Crippen LogP contribution in [0.5, 0.6) is 0 Å². The average Bonchev–Trinajstić information content (AvgIpc) is 3.32. The lowest BCUT2D eigenvalue weighted by atomic mass is 10.1. The van der Waals surface area contributed by atoms with Crippen LogP contribution in [0.2, 0.25) is 0 Å². The molecular formula is C56H95O11P. The van der Waals surface area contributed by atoms with E-state index in [-0.39, 0.29) is 25.9 Å². The smallest absolute Gasteiger partial charge is 0.462 e. The van der Waals surface area contributed by atoms with E-state index in [4.69, 9.17) is 23.3 Å². The highest BCUT2D eigenvalue weighted by Crippen LogP contribution is 2.43. The number of aliphatic hydroxyl groups excluding tert-OH is 1. The van der Waals surface area contributed by atoms with Crippen LogP contribution in [0.1, 0.15) is 213 Å². The van der Waals surface area contributed by atoms with E-state index in [9.17, 15) is 28.9 Å². The molecule has 0 aromatic carbocycles. The standard InChI is InChI=1S/C56H95O11P/c1-4-7-10-13-16-19-21-23-24-25-26-27-28-30-32-35-38-41-44-47-56(60)67-53(49-63-54(58)45-42-39-36-33-18-15-12-9-6-3)51-65-68(61,62)64-50-52(48-57)66-55(59)46-43-40-37-34-31-29-22-20-17-14-11-8-5-2/h7,10,16,19-20,22-24,26-27,30,32,38,41,52-53,57H,4-6,8-9,11-15,17-18,21,25,28-29,31,33-37,39-40,42-51H2,1-3H3,(H,61,62)/b10-7-,19-16-,22-20-,24-23-,27-26-,32-30-,41-38-. The predicted octanol–water partition coefficient (Wildman–Crippen LogP) is 15.1. The van der Waals surface area contributed by atoms with Gasteiger partial charge in [0.05, 0.1) is 19.8 Å². The molecule has 0 rings (SSSR count). The number of unbranched alkanes of at least 4 members (excludes halogenated alkanes) is 17. The summed E-state index contributed by atoms with van der Waals surface area (Å²) in [5.74, 6) is -1.58. The first-order valence-electron chi connectivity index (χ1n) is 26.5. The Kier molecular flexibility index (Phi) is 47.6. The predicted molar refractivity (Wildman–Crippen MR) is 279 cm³/mol. The fourth-order valence-electron chi connectivity index (χ4n) is 6.79. The molecule has 0 aliphatic carbocycles. The van der Waals surface area contributed by atoms with Crippen molar-refractivity contribution in [3.8, 4) is 0 Å². The number of allylic oxidation sites excluding steroid dienone is 14. The maximum absolute atomic E-state index is 12.8. The van der Waals surface area contributed by atoms with E-state index >= 15 is 0 Å². The minimum Gasteiger partial charge on any atom is -0.462 e. The molecule has 0 saturated carbocycles. The second kappa shape index (κ2) is 50.1. The Hall–Kier alpha value is -3.34. The van der Waals surface area contributed by atoms with Crippen molar-refractivity contribution in [1.82, 2.24) is 0 Å². The number of carbonyl (C=O) groups is 3. The molecule has 0 aromatic rings. The number of hydrogen-bond donors (Lipinski definition) is 2. The Labute approximate surface area is 413 Å². The van der Waals surface area contributed by atoms with E-state index in [1.54, 1.807) is 0 Å². The first kappa shape index (κ1) is 64.7. The van der Waals surface area contributed by atoms with Gasteiger partial charge in [0.2, 0.25) is 0 Å². The van der Waals surface area contributed by atoms with E-state index in [1.807, 2.05) is 12.2 Å². The van der Waals surface area contributed by atoms with E-state index in [0.29, 0.717) is 25.7 Å². The van der Waals surface area contributed by atoms with Crippen LogP contribution in [0.4, 0.5) is 0 Å². The van der Waals surface area contributed by atoms with Crippen LogP contribution in [0.15, 0.2) is 85.1 Å². The average molecular weight is 975 g/mol. The third-order valence-corrected chi connectivity index (χ3v) is 11.8. The minimum atomic E-state index is -4.76. The van der Waals surface area contributed by atoms with Crippen LogP contribution in [0.3, 0.4) is 0 Å². The van der Waals surface area contributed by atoms with Gasteiger partial charge in [0.1, 0.15) is 12.7 Å². The summed E-state index contributed by atoms with van der Waals surface area (Å²) in [4.78, 5) is 48.2. The van der Waals surface area contributed by atoms with E-state index in [2.05, 4.69) is 93.7 Å². The Morgan fingerprint density at radius 3 is 1.28 bits per heavy atom. The van der Waals surface area contributed by atoms with Gasteiger partial charge in [0.25, 0.3) is 0 Å². The largest absolute Gasteiger partial charge is 0.472 e. The molecule has 0 amide bonds. The maximum atomic E-state index is 12.8. The second-order valence-corrected chi connectivity index (χ2v) is 18.8. The zero-order valence-corrected chi connectivity index (χ0v) is 43.7. The number of phosphoric ester groups is 1. The summed E-state index contributed by atoms with van der Waals surface area (Å²) in [6.07, 6.45) is 55.7. The van der Waals surface area contributed by atoms with Crippen LogP contribution in [0.25, 0.3) is 0 Å². The first-order valence-corrected chi connectivity index (χ1v) is 28.0. The van der Waals surface area contributed by atoms with E-state index in [0.717, 1.165) is 89.9 Å². The van der Waals surface area contributed by atoms with Gasteiger partial charge < -0.3 is 24.2 Å². The van der Waals surface area contributed by atoms with Gasteiger partial charge in [-0.2, -0.15) is 0 Å². The van der Waals surface area contributed by atoms with E-state index in [1.165, 1.54) is 57.8 Å². The summed E-state index contributed by atoms with van der Waals surface area (Å²) in [5.41, 5.74) is 0. The highest BCUT2D eigenvalue weighted by atomic mass is 31.2. The number of aliphatic hydroxyl groups is 1. The number of carbonyl (C=O) groups excluding carboxylic acids is 3. The summed E-state index contributed by atoms with van der Waals surface area (Å²) < 4.78 is 39.2. The maximum Gasteiger partial charge on any atom is 0.472 e. The van der Waals surface area contributed by atoms with Gasteiger partial charge in [0.15, 0.2) is 6.10 Å². The molecule has 2 N–H and O–H groups in total. The molecule has 0 bridgehead atoms. The number of ether oxygens (including phenoxy) is 3. The van der Waals surface area contributed by atoms with Crippen LogP contribution in [-0.4, -0.2) is 66.5 Å². The van der Waals surface area contributed by atoms with Crippen molar-refractivity contribution in [2.45, 2.75) is 226 Å². The lowest BCUT2D eigenvalue weighted by Gasteiger charge is -2.21. The quantitative estimate of drug-likeness (QED) is 0.0197. The molecule has 12 heteroatoms. The van der Waals surface area contributed by atoms with Crippen LogP contribution >= 0.6 is 7.82 Å². The molecule has 3 unspecified atom stereocenters. The van der Waals surface area contributed by atoms with Crippen molar-refractivity contribution in [1.29, 1.82) is 0 Å². The van der Waals surface area contributed by atoms with Crippen molar-refractivity contribution in [2.75, 3.05) is 26.4 Å². The molecule has 0 aromatic heterocycles. The monoisotopic (exact) mass is 975 g/mol. The zero-order valence-electron chi connectivity index (χ0n) is 42.8. The summed E-state index contributed by atoms with van der Waals surface area (Å²) in [6, 6.07) is 0. The number of hydrogen-bond acceptors (Lipinski definition) is 10. The topological polar surface area (TPSA) is 155 Å². The van der Waals surface area contributed by atoms with Gasteiger partial charge in [-0.3, -0.25) is 23.4 Å². The molecule has 3 atom stereocenters. The number of phosphoric acid groups is 1. The highest BCUT2D eigenvalue weighted by Gasteiger charge is 2.28. The zero-order chi connectivity index (χ0) is 49.9. The Bertz CT molecular complexity index is 1460. The molecule has 0 fully saturated rings. The van der Waals surface area contributed by atoms with Gasteiger partial charge in [-0.1, -0.05) is 196 Å². The third kappa shape index (κ3) is 47.7. The van der Waals surface area contributed by atoms with Gasteiger partial charge in [-0.25, -0.2) is 4.57 Å². The number of esters is 3. The van der Waals surface area contributed by atoms with Gasteiger partial charge in [-0.05, 0) is 83.5 Å². The van der Waals surface area contributed by atoms with Crippen molar-refractivity contribution < 1.29 is 52.2 Å². The molecule has 0 radical (unpaired) electrons. The number of rotatable bonds is 48. The summed E-state index contributed by atoms with van der Waals surface area (Å²) in [5, 5.41) is 9.77. The molecule has 0 aliphatic rings. The molecule has 390 valence electrons. The van der Waals surface area contributed by atoms with Gasteiger partial charge >= 0.3 is 25.7 Å². The Morgan fingerprint density at radius 2 is 0.794 bits per heavy atom. The normalized spacial score (nSPS) is 14.1. The molecule has 0 spiro atoms. The van der Waals surface area contributed by atoms with Crippen molar-refractivity contribution in [2.24, 2.45) is 0 Å². The SMILES string of the molecule is CC/C=C\C/C=C\C/C=C\C/C=C\C/C=C\C/C=C\CCC(=O)OC(COC(=O)CCCCCCCCCCC)COP(=O)(O)OCC(CO)OC(=O)CCCCCCC/C=C\CCCCCC. The minimum absolute atomic E-state index is 0.0405. The van der Waals surface area contributed by atoms with Gasteiger partial charge in [-0.15, -0.1) is 0 Å². The Morgan fingerprint density at radius 1 is 0.426 bits per heavy atom. The lowest BCUT2D eigenvalue weighted by Crippen LogP contribution is -2.30. The fourth-order valence-corrected chi connectivity index (χ4v) is 7.57. The summed E-state index contributed by atoms with van der Waals surface area (Å²) >= 11 is 0. The third-order valence-electron chi connectivity index (χ3n) is 10.8. The van der Waals surface area contributed by atoms with Crippen LogP contribution in [0, 0.1) is 0 Å². The molecule has 0 aliphatic heterocycles. The lowest BCUT2D eigenvalue weighted by molar-refractivity contribution is -0.161. The molecule has 68 heavy (non-hydrogen) atoms. The van der Waals surface area contributed by atoms with E-state index < -0.39 is 57.8 Å². The highest BCUT2D eigenvalue weighted by molar-refractivity contribution is 7.47. The van der Waals surface area contributed by atoms with Crippen molar-refractivity contribution in [3.05, 3.63) is 85.1 Å². The first-order chi connectivity index (χ1) is 33.2. The molecular weight excluding hydrogens is 880 g/mol. The molecule has 0 heterocycles. The van der Waals surface area contributed by atoms with Crippen molar-refractivity contribution in [3.63, 3.8) is 0 Å².